The number of halogens is 1. The van der Waals surface area contributed by atoms with Gasteiger partial charge < -0.3 is 14.8 Å². The maximum atomic E-state index is 13.1. The number of hydrogen-bond acceptors (Lipinski definition) is 3. The van der Waals surface area contributed by atoms with E-state index in [9.17, 15) is 4.39 Å². The van der Waals surface area contributed by atoms with E-state index in [-0.39, 0.29) is 5.82 Å². The molecule has 0 aliphatic heterocycles. The van der Waals surface area contributed by atoms with Gasteiger partial charge in [-0.3, -0.25) is 0 Å². The van der Waals surface area contributed by atoms with Crippen molar-refractivity contribution in [3.8, 4) is 0 Å². The van der Waals surface area contributed by atoms with E-state index in [4.69, 9.17) is 9.47 Å². The molecule has 0 spiro atoms. The summed E-state index contributed by atoms with van der Waals surface area (Å²) in [5.41, 5.74) is 2.42. The Labute approximate surface area is 120 Å². The van der Waals surface area contributed by atoms with Gasteiger partial charge in [-0.25, -0.2) is 4.39 Å². The van der Waals surface area contributed by atoms with E-state index in [1.807, 2.05) is 6.07 Å². The Morgan fingerprint density at radius 2 is 2.15 bits per heavy atom. The number of ether oxygens (including phenoxy) is 2. The number of benzene rings is 1. The molecule has 0 saturated heterocycles. The molecule has 112 valence electrons. The summed E-state index contributed by atoms with van der Waals surface area (Å²) in [6.45, 7) is 3.10. The van der Waals surface area contributed by atoms with Gasteiger partial charge >= 0.3 is 0 Å². The zero-order valence-electron chi connectivity index (χ0n) is 12.2. The van der Waals surface area contributed by atoms with Gasteiger partial charge in [-0.2, -0.15) is 0 Å². The third-order valence-corrected chi connectivity index (χ3v) is 3.72. The largest absolute Gasteiger partial charge is 0.382 e. The molecule has 1 aromatic carbocycles. The predicted octanol–water partition coefficient (Wildman–Crippen LogP) is 2.85. The third-order valence-electron chi connectivity index (χ3n) is 3.72. The van der Waals surface area contributed by atoms with Gasteiger partial charge in [0.2, 0.25) is 0 Å². The first-order valence-electron chi connectivity index (χ1n) is 7.39. The Hall–Kier alpha value is -0.970. The summed E-state index contributed by atoms with van der Waals surface area (Å²) in [6, 6.07) is 5.53. The van der Waals surface area contributed by atoms with Crippen LogP contribution in [0.5, 0.6) is 0 Å². The van der Waals surface area contributed by atoms with Crippen molar-refractivity contribution >= 4 is 0 Å². The lowest BCUT2D eigenvalue weighted by molar-refractivity contribution is 0.0687. The Kier molecular flexibility index (Phi) is 6.43. The fourth-order valence-electron chi connectivity index (χ4n) is 2.65. The van der Waals surface area contributed by atoms with Crippen LogP contribution in [-0.2, 0) is 15.9 Å². The molecule has 4 heteroatoms. The topological polar surface area (TPSA) is 30.5 Å². The molecule has 0 heterocycles. The van der Waals surface area contributed by atoms with E-state index in [1.165, 1.54) is 5.56 Å². The van der Waals surface area contributed by atoms with E-state index in [0.29, 0.717) is 19.3 Å². The summed E-state index contributed by atoms with van der Waals surface area (Å²) in [6.07, 6.45) is 4.20. The first-order chi connectivity index (χ1) is 9.81. The van der Waals surface area contributed by atoms with Crippen LogP contribution in [0.3, 0.4) is 0 Å². The highest BCUT2D eigenvalue weighted by Gasteiger charge is 2.21. The predicted molar refractivity (Wildman–Crippen MR) is 77.4 cm³/mol. The van der Waals surface area contributed by atoms with Crippen LogP contribution in [0.15, 0.2) is 18.2 Å². The van der Waals surface area contributed by atoms with Crippen LogP contribution in [0.4, 0.5) is 4.39 Å². The van der Waals surface area contributed by atoms with Crippen molar-refractivity contribution in [3.05, 3.63) is 35.1 Å². The average Bonchev–Trinajstić information content (AvgIpc) is 2.84. The number of fused-ring (bicyclic) bond motifs is 1. The number of hydrogen-bond donors (Lipinski definition) is 1. The molecule has 1 unspecified atom stereocenters. The summed E-state index contributed by atoms with van der Waals surface area (Å²) < 4.78 is 23.5. The molecule has 1 N–H and O–H groups in total. The van der Waals surface area contributed by atoms with Crippen molar-refractivity contribution in [2.75, 3.05) is 33.5 Å². The fourth-order valence-corrected chi connectivity index (χ4v) is 2.65. The lowest BCUT2D eigenvalue weighted by Gasteiger charge is -2.14. The molecule has 1 aliphatic rings. The van der Waals surface area contributed by atoms with Crippen LogP contribution in [0, 0.1) is 5.82 Å². The monoisotopic (exact) mass is 281 g/mol. The summed E-state index contributed by atoms with van der Waals surface area (Å²) in [5.74, 6) is -0.127. The molecule has 0 saturated carbocycles. The average molecular weight is 281 g/mol. The van der Waals surface area contributed by atoms with Crippen molar-refractivity contribution in [2.24, 2.45) is 0 Å². The van der Waals surface area contributed by atoms with Crippen LogP contribution in [0.25, 0.3) is 0 Å². The van der Waals surface area contributed by atoms with Crippen molar-refractivity contribution in [3.63, 3.8) is 0 Å². The summed E-state index contributed by atoms with van der Waals surface area (Å²) >= 11 is 0. The molecule has 1 aromatic rings. The minimum atomic E-state index is -0.127. The molecule has 0 amide bonds. The molecule has 0 fully saturated rings. The molecule has 1 aliphatic carbocycles. The van der Waals surface area contributed by atoms with Gasteiger partial charge in [0.05, 0.1) is 13.2 Å². The zero-order valence-corrected chi connectivity index (χ0v) is 12.2. The van der Waals surface area contributed by atoms with Crippen LogP contribution >= 0.6 is 0 Å². The number of methoxy groups -OCH3 is 1. The van der Waals surface area contributed by atoms with E-state index in [2.05, 4.69) is 5.32 Å². The fraction of sp³-hybridized carbons (Fsp3) is 0.625. The molecule has 3 nitrogen and oxygen atoms in total. The van der Waals surface area contributed by atoms with Gasteiger partial charge in [0.25, 0.3) is 0 Å². The summed E-state index contributed by atoms with van der Waals surface area (Å²) in [5, 5.41) is 3.56. The van der Waals surface area contributed by atoms with Crippen molar-refractivity contribution < 1.29 is 13.9 Å². The molecule has 0 bridgehead atoms. The second-order valence-electron chi connectivity index (χ2n) is 5.20. The number of aryl methyl sites for hydroxylation is 1. The Morgan fingerprint density at radius 3 is 3.00 bits per heavy atom. The highest BCUT2D eigenvalue weighted by atomic mass is 19.1. The number of nitrogens with one attached hydrogen (secondary N) is 1. The zero-order chi connectivity index (χ0) is 14.2. The van der Waals surface area contributed by atoms with Crippen molar-refractivity contribution in [2.45, 2.75) is 31.7 Å². The highest BCUT2D eigenvalue weighted by Crippen LogP contribution is 2.31. The minimum Gasteiger partial charge on any atom is -0.382 e. The second kappa shape index (κ2) is 8.35. The van der Waals surface area contributed by atoms with Gasteiger partial charge in [-0.05, 0) is 55.5 Å². The van der Waals surface area contributed by atoms with E-state index < -0.39 is 0 Å². The molecular weight excluding hydrogens is 257 g/mol. The van der Waals surface area contributed by atoms with Gasteiger partial charge in [-0.1, -0.05) is 6.07 Å². The second-order valence-corrected chi connectivity index (χ2v) is 5.20. The van der Waals surface area contributed by atoms with Crippen LogP contribution in [-0.4, -0.2) is 33.5 Å². The van der Waals surface area contributed by atoms with Crippen molar-refractivity contribution in [1.29, 1.82) is 0 Å². The molecule has 1 atom stereocenters. The van der Waals surface area contributed by atoms with Crippen molar-refractivity contribution in [1.82, 2.24) is 5.32 Å². The van der Waals surface area contributed by atoms with Gasteiger partial charge in [0, 0.05) is 19.8 Å². The standard InChI is InChI=1S/C16H24FNO2/c1-19-10-11-20-9-3-2-8-18-16-7-4-13-12-14(17)5-6-15(13)16/h5-6,12,16,18H,2-4,7-11H2,1H3. The highest BCUT2D eigenvalue weighted by molar-refractivity contribution is 5.34. The van der Waals surface area contributed by atoms with Gasteiger partial charge in [0.1, 0.15) is 5.82 Å². The SMILES string of the molecule is COCCOCCCCNC1CCc2cc(F)ccc21. The third kappa shape index (κ3) is 4.54. The van der Waals surface area contributed by atoms with Gasteiger partial charge in [-0.15, -0.1) is 0 Å². The quantitative estimate of drug-likeness (QED) is 0.706. The summed E-state index contributed by atoms with van der Waals surface area (Å²) in [7, 11) is 1.68. The van der Waals surface area contributed by atoms with Crippen LogP contribution in [0.1, 0.15) is 36.4 Å². The minimum absolute atomic E-state index is 0.127. The maximum absolute atomic E-state index is 13.1. The Balaban J connectivity index is 1.60. The first-order valence-corrected chi connectivity index (χ1v) is 7.39. The molecule has 20 heavy (non-hydrogen) atoms. The Morgan fingerprint density at radius 1 is 1.25 bits per heavy atom. The smallest absolute Gasteiger partial charge is 0.123 e. The van der Waals surface area contributed by atoms with E-state index in [0.717, 1.165) is 44.4 Å². The van der Waals surface area contributed by atoms with Crippen LogP contribution in [0.2, 0.25) is 0 Å². The summed E-state index contributed by atoms with van der Waals surface area (Å²) in [4.78, 5) is 0. The van der Waals surface area contributed by atoms with Gasteiger partial charge in [0.15, 0.2) is 0 Å². The first kappa shape index (κ1) is 15.4. The molecule has 0 aromatic heterocycles. The lowest BCUT2D eigenvalue weighted by atomic mass is 10.1. The number of rotatable bonds is 9. The lowest BCUT2D eigenvalue weighted by Crippen LogP contribution is -2.20. The van der Waals surface area contributed by atoms with E-state index in [1.54, 1.807) is 19.2 Å². The maximum Gasteiger partial charge on any atom is 0.123 e. The Bertz CT molecular complexity index is 411. The van der Waals surface area contributed by atoms with Crippen LogP contribution < -0.4 is 5.32 Å². The molecule has 2 rings (SSSR count). The number of unbranched alkanes of at least 4 members (excludes halogenated alkanes) is 1. The molecule has 0 radical (unpaired) electrons. The molecular formula is C16H24FNO2. The normalized spacial score (nSPS) is 17.4. The van der Waals surface area contributed by atoms with E-state index >= 15 is 0 Å².